The van der Waals surface area contributed by atoms with Crippen molar-refractivity contribution in [1.29, 1.82) is 0 Å². The minimum atomic E-state index is -0.665. The highest BCUT2D eigenvalue weighted by Crippen LogP contribution is 2.23. The fraction of sp³-hybridized carbons (Fsp3) is 0.538. The summed E-state index contributed by atoms with van der Waals surface area (Å²) in [6, 6.07) is 9.96. The standard InChI is InChI=1S/C26H40N2O6.2ClH/c29-13-9-21-15-19(5-7-23(21)31)25(33)17-27-11-3-1-2-4-12-28-18-26(34)20-6-8-24(32)22(16-20)10-14-30;;/h5-8,15-16,25-34H,1-4,9-14,17-18H2;2*1H. The summed E-state index contributed by atoms with van der Waals surface area (Å²) in [5.41, 5.74) is 2.71. The summed E-state index contributed by atoms with van der Waals surface area (Å²) >= 11 is 0. The van der Waals surface area contributed by atoms with Gasteiger partial charge in [-0.1, -0.05) is 25.0 Å². The second-order valence-electron chi connectivity index (χ2n) is 8.58. The molecule has 0 amide bonds. The van der Waals surface area contributed by atoms with Crippen LogP contribution in [0.5, 0.6) is 11.5 Å². The van der Waals surface area contributed by atoms with Gasteiger partial charge in [0.05, 0.1) is 12.2 Å². The number of aliphatic hydroxyl groups is 4. The van der Waals surface area contributed by atoms with Gasteiger partial charge >= 0.3 is 0 Å². The number of rotatable bonds is 17. The minimum Gasteiger partial charge on any atom is -0.508 e. The maximum Gasteiger partial charge on any atom is 0.118 e. The number of halogens is 2. The zero-order valence-electron chi connectivity index (χ0n) is 20.6. The van der Waals surface area contributed by atoms with Gasteiger partial charge in [-0.3, -0.25) is 0 Å². The molecule has 2 aromatic carbocycles. The molecule has 8 N–H and O–H groups in total. The lowest BCUT2D eigenvalue weighted by Gasteiger charge is -2.15. The van der Waals surface area contributed by atoms with E-state index in [0.717, 1.165) is 49.9 Å². The lowest BCUT2D eigenvalue weighted by atomic mass is 10.0. The van der Waals surface area contributed by atoms with E-state index in [2.05, 4.69) is 10.6 Å². The highest BCUT2D eigenvalue weighted by molar-refractivity contribution is 5.85. The number of hydrogen-bond donors (Lipinski definition) is 8. The van der Waals surface area contributed by atoms with Crippen LogP contribution >= 0.6 is 24.8 Å². The smallest absolute Gasteiger partial charge is 0.118 e. The highest BCUT2D eigenvalue weighted by Gasteiger charge is 2.11. The predicted octanol–water partition coefficient (Wildman–Crippen LogP) is 2.52. The van der Waals surface area contributed by atoms with Crippen LogP contribution in [0, 0.1) is 0 Å². The molecule has 2 aromatic rings. The number of aliphatic hydroxyl groups excluding tert-OH is 4. The molecule has 2 unspecified atom stereocenters. The molecule has 8 nitrogen and oxygen atoms in total. The van der Waals surface area contributed by atoms with Crippen molar-refractivity contribution in [2.45, 2.75) is 50.7 Å². The van der Waals surface area contributed by atoms with E-state index in [-0.39, 0.29) is 49.5 Å². The molecule has 2 rings (SSSR count). The van der Waals surface area contributed by atoms with E-state index in [9.17, 15) is 20.4 Å². The fourth-order valence-corrected chi connectivity index (χ4v) is 3.83. The second kappa shape index (κ2) is 19.5. The SMILES string of the molecule is Cl.Cl.OCCc1cc(C(O)CNCCCCCCNCC(O)c2ccc(O)c(CCO)c2)ccc1O. The van der Waals surface area contributed by atoms with Crippen LogP contribution in [0.15, 0.2) is 36.4 Å². The summed E-state index contributed by atoms with van der Waals surface area (Å²) in [6.07, 6.45) is 3.52. The Kier molecular flexibility index (Phi) is 18.6. The van der Waals surface area contributed by atoms with E-state index in [1.165, 1.54) is 0 Å². The first kappa shape index (κ1) is 34.4. The summed E-state index contributed by atoms with van der Waals surface area (Å²) < 4.78 is 0. The van der Waals surface area contributed by atoms with Gasteiger partial charge in [0, 0.05) is 26.3 Å². The van der Waals surface area contributed by atoms with Crippen molar-refractivity contribution in [3.63, 3.8) is 0 Å². The van der Waals surface area contributed by atoms with Gasteiger partial charge in [0.25, 0.3) is 0 Å². The average molecular weight is 550 g/mol. The minimum absolute atomic E-state index is 0. The van der Waals surface area contributed by atoms with Crippen LogP contribution < -0.4 is 10.6 Å². The molecule has 0 heterocycles. The topological polar surface area (TPSA) is 145 Å². The van der Waals surface area contributed by atoms with Crippen molar-refractivity contribution >= 4 is 24.8 Å². The molecule has 0 saturated carbocycles. The Balaban J connectivity index is 0.00000612. The zero-order chi connectivity index (χ0) is 24.8. The predicted molar refractivity (Wildman–Crippen MR) is 146 cm³/mol. The number of hydrogen-bond acceptors (Lipinski definition) is 8. The van der Waals surface area contributed by atoms with Gasteiger partial charge in [0.2, 0.25) is 0 Å². The summed E-state index contributed by atoms with van der Waals surface area (Å²) in [7, 11) is 0. The average Bonchev–Trinajstić information content (AvgIpc) is 2.83. The number of benzene rings is 2. The monoisotopic (exact) mass is 548 g/mol. The van der Waals surface area contributed by atoms with Crippen molar-refractivity contribution in [2.75, 3.05) is 39.4 Å². The molecule has 0 radical (unpaired) electrons. The first-order valence-corrected chi connectivity index (χ1v) is 12.1. The molecule has 36 heavy (non-hydrogen) atoms. The largest absolute Gasteiger partial charge is 0.508 e. The normalized spacial score (nSPS) is 12.4. The van der Waals surface area contributed by atoms with Gasteiger partial charge in [-0.05, 0) is 85.3 Å². The molecule has 0 aromatic heterocycles. The molecule has 0 aliphatic rings. The summed E-state index contributed by atoms with van der Waals surface area (Å²) in [6.45, 7) is 2.38. The molecule has 0 saturated heterocycles. The third kappa shape index (κ3) is 12.1. The first-order chi connectivity index (χ1) is 16.5. The van der Waals surface area contributed by atoms with Crippen LogP contribution in [0.4, 0.5) is 0 Å². The van der Waals surface area contributed by atoms with Gasteiger partial charge < -0.3 is 41.3 Å². The lowest BCUT2D eigenvalue weighted by Crippen LogP contribution is -2.23. The Bertz CT molecular complexity index is 790. The Morgan fingerprint density at radius 1 is 0.611 bits per heavy atom. The Labute approximate surface area is 226 Å². The molecular formula is C26H42Cl2N2O6. The Morgan fingerprint density at radius 3 is 1.36 bits per heavy atom. The van der Waals surface area contributed by atoms with Crippen molar-refractivity contribution in [1.82, 2.24) is 10.6 Å². The van der Waals surface area contributed by atoms with Gasteiger partial charge in [-0.15, -0.1) is 24.8 Å². The lowest BCUT2D eigenvalue weighted by molar-refractivity contribution is 0.173. The maximum atomic E-state index is 10.3. The summed E-state index contributed by atoms with van der Waals surface area (Å²) in [5, 5.41) is 64.8. The van der Waals surface area contributed by atoms with Crippen molar-refractivity contribution in [3.8, 4) is 11.5 Å². The Morgan fingerprint density at radius 2 is 1.00 bits per heavy atom. The second-order valence-corrected chi connectivity index (χ2v) is 8.58. The third-order valence-electron chi connectivity index (χ3n) is 5.87. The van der Waals surface area contributed by atoms with Crippen LogP contribution in [0.25, 0.3) is 0 Å². The van der Waals surface area contributed by atoms with E-state index in [0.29, 0.717) is 37.1 Å². The van der Waals surface area contributed by atoms with Gasteiger partial charge in [-0.25, -0.2) is 0 Å². The molecule has 206 valence electrons. The van der Waals surface area contributed by atoms with Crippen molar-refractivity contribution in [2.24, 2.45) is 0 Å². The van der Waals surface area contributed by atoms with Crippen LogP contribution in [0.2, 0.25) is 0 Å². The fourth-order valence-electron chi connectivity index (χ4n) is 3.83. The van der Waals surface area contributed by atoms with Gasteiger partial charge in [0.15, 0.2) is 0 Å². The number of aromatic hydroxyl groups is 2. The number of phenols is 2. The van der Waals surface area contributed by atoms with Crippen molar-refractivity contribution < 1.29 is 30.6 Å². The van der Waals surface area contributed by atoms with E-state index < -0.39 is 12.2 Å². The summed E-state index contributed by atoms with van der Waals surface area (Å²) in [5.74, 6) is 0.268. The van der Waals surface area contributed by atoms with Crippen LogP contribution in [0.1, 0.15) is 60.1 Å². The first-order valence-electron chi connectivity index (χ1n) is 12.1. The molecular weight excluding hydrogens is 507 g/mol. The van der Waals surface area contributed by atoms with Crippen LogP contribution in [0.3, 0.4) is 0 Å². The van der Waals surface area contributed by atoms with E-state index in [1.54, 1.807) is 36.4 Å². The van der Waals surface area contributed by atoms with E-state index >= 15 is 0 Å². The maximum absolute atomic E-state index is 10.3. The van der Waals surface area contributed by atoms with E-state index in [4.69, 9.17) is 10.2 Å². The molecule has 10 heteroatoms. The quantitative estimate of drug-likeness (QED) is 0.141. The molecule has 0 fully saturated rings. The van der Waals surface area contributed by atoms with Gasteiger partial charge in [0.1, 0.15) is 11.5 Å². The van der Waals surface area contributed by atoms with Crippen LogP contribution in [-0.4, -0.2) is 70.0 Å². The van der Waals surface area contributed by atoms with Crippen LogP contribution in [-0.2, 0) is 12.8 Å². The van der Waals surface area contributed by atoms with Crippen molar-refractivity contribution in [3.05, 3.63) is 58.7 Å². The molecule has 0 spiro atoms. The molecule has 2 atom stereocenters. The molecule has 0 bridgehead atoms. The number of nitrogens with one attached hydrogen (secondary N) is 2. The van der Waals surface area contributed by atoms with E-state index in [1.807, 2.05) is 0 Å². The van der Waals surface area contributed by atoms with Gasteiger partial charge in [-0.2, -0.15) is 0 Å². The highest BCUT2D eigenvalue weighted by atomic mass is 35.5. The molecule has 0 aliphatic heterocycles. The zero-order valence-corrected chi connectivity index (χ0v) is 22.2. The number of unbranched alkanes of at least 4 members (excludes halogenated alkanes) is 3. The Hall–Kier alpha value is -1.62. The molecule has 0 aliphatic carbocycles. The summed E-state index contributed by atoms with van der Waals surface area (Å²) in [4.78, 5) is 0. The number of phenolic OH excluding ortho intramolecular Hbond substituents is 2. The third-order valence-corrected chi connectivity index (χ3v) is 5.87.